The van der Waals surface area contributed by atoms with E-state index in [0.717, 1.165) is 13.0 Å². The number of aromatic carboxylic acids is 1. The quantitative estimate of drug-likeness (QED) is 0.788. The predicted molar refractivity (Wildman–Crippen MR) is 58.5 cm³/mol. The van der Waals surface area contributed by atoms with Crippen LogP contribution in [0.4, 0.5) is 0 Å². The summed E-state index contributed by atoms with van der Waals surface area (Å²) >= 11 is 0. The van der Waals surface area contributed by atoms with Gasteiger partial charge in [-0.2, -0.15) is 0 Å². The number of hydrogen-bond acceptors (Lipinski definition) is 4. The van der Waals surface area contributed by atoms with Gasteiger partial charge in [0, 0.05) is 13.6 Å². The van der Waals surface area contributed by atoms with Gasteiger partial charge in [-0.1, -0.05) is 0 Å². The molecule has 2 heterocycles. The number of carbonyl (C=O) groups is 2. The Morgan fingerprint density at radius 2 is 2.47 bits per heavy atom. The van der Waals surface area contributed by atoms with Crippen molar-refractivity contribution in [3.05, 3.63) is 23.7 Å². The molecule has 1 aliphatic heterocycles. The van der Waals surface area contributed by atoms with E-state index in [2.05, 4.69) is 5.32 Å². The summed E-state index contributed by atoms with van der Waals surface area (Å²) in [7, 11) is 1.75. The molecule has 0 aromatic carbocycles. The number of carboxylic acid groups (broad SMARTS) is 1. The summed E-state index contributed by atoms with van der Waals surface area (Å²) in [6, 6.07) is 1.16. The summed E-state index contributed by atoms with van der Waals surface area (Å²) in [6.45, 7) is 0.972. The molecule has 1 aliphatic rings. The van der Waals surface area contributed by atoms with Gasteiger partial charge in [0.2, 0.25) is 5.91 Å². The molecule has 0 saturated carbocycles. The maximum Gasteiger partial charge on any atom is 0.339 e. The van der Waals surface area contributed by atoms with E-state index < -0.39 is 5.97 Å². The van der Waals surface area contributed by atoms with Crippen LogP contribution in [-0.2, 0) is 11.3 Å². The molecule has 17 heavy (non-hydrogen) atoms. The lowest BCUT2D eigenvalue weighted by Crippen LogP contribution is -2.36. The molecule has 0 bridgehead atoms. The third-order valence-electron chi connectivity index (χ3n) is 2.91. The average molecular weight is 238 g/mol. The number of carbonyl (C=O) groups excluding carboxylic acids is 1. The zero-order valence-electron chi connectivity index (χ0n) is 9.47. The van der Waals surface area contributed by atoms with Crippen LogP contribution in [0.15, 0.2) is 16.7 Å². The van der Waals surface area contributed by atoms with Crippen molar-refractivity contribution in [1.29, 1.82) is 0 Å². The van der Waals surface area contributed by atoms with E-state index in [1.54, 1.807) is 11.9 Å². The van der Waals surface area contributed by atoms with E-state index >= 15 is 0 Å². The molecule has 0 spiro atoms. The number of nitrogens with zero attached hydrogens (tertiary/aromatic N) is 1. The minimum Gasteiger partial charge on any atom is -0.478 e. The molecule has 6 nitrogen and oxygen atoms in total. The van der Waals surface area contributed by atoms with Crippen LogP contribution in [0.3, 0.4) is 0 Å². The van der Waals surface area contributed by atoms with Crippen molar-refractivity contribution in [1.82, 2.24) is 10.2 Å². The fourth-order valence-electron chi connectivity index (χ4n) is 1.90. The van der Waals surface area contributed by atoms with Crippen LogP contribution in [0, 0.1) is 0 Å². The topological polar surface area (TPSA) is 82.8 Å². The van der Waals surface area contributed by atoms with E-state index in [1.807, 2.05) is 0 Å². The van der Waals surface area contributed by atoms with Crippen molar-refractivity contribution in [3.8, 4) is 0 Å². The van der Waals surface area contributed by atoms with E-state index in [4.69, 9.17) is 9.52 Å². The first-order chi connectivity index (χ1) is 8.09. The zero-order valence-corrected chi connectivity index (χ0v) is 9.47. The van der Waals surface area contributed by atoms with Crippen molar-refractivity contribution in [2.24, 2.45) is 0 Å². The predicted octanol–water partition coefficient (Wildman–Crippen LogP) is 0.298. The highest BCUT2D eigenvalue weighted by atomic mass is 16.4. The molecular formula is C11H14N2O4. The first-order valence-corrected chi connectivity index (χ1v) is 5.37. The molecule has 1 aromatic rings. The first kappa shape index (κ1) is 11.7. The number of rotatable bonds is 4. The van der Waals surface area contributed by atoms with Gasteiger partial charge in [0.15, 0.2) is 0 Å². The molecule has 1 saturated heterocycles. The zero-order chi connectivity index (χ0) is 12.4. The second kappa shape index (κ2) is 4.58. The maximum atomic E-state index is 11.6. The molecule has 0 aliphatic carbocycles. The monoisotopic (exact) mass is 238 g/mol. The summed E-state index contributed by atoms with van der Waals surface area (Å²) in [5.74, 6) is -0.640. The van der Waals surface area contributed by atoms with E-state index in [9.17, 15) is 9.59 Å². The van der Waals surface area contributed by atoms with Crippen molar-refractivity contribution in [2.75, 3.05) is 13.6 Å². The average Bonchev–Trinajstić information content (AvgIpc) is 2.86. The van der Waals surface area contributed by atoms with Crippen LogP contribution in [0.25, 0.3) is 0 Å². The molecule has 1 atom stereocenters. The summed E-state index contributed by atoms with van der Waals surface area (Å²) in [6.07, 6.45) is 2.07. The SMILES string of the molecule is CN1CCC(NCc2occc2C(=O)O)C1=O. The highest BCUT2D eigenvalue weighted by molar-refractivity contribution is 5.88. The molecule has 0 radical (unpaired) electrons. The smallest absolute Gasteiger partial charge is 0.339 e. The van der Waals surface area contributed by atoms with E-state index in [1.165, 1.54) is 12.3 Å². The number of likely N-dealkylation sites (tertiary alicyclic amines) is 1. The Bertz CT molecular complexity index is 440. The largest absolute Gasteiger partial charge is 0.478 e. The van der Waals surface area contributed by atoms with Gasteiger partial charge in [0.25, 0.3) is 0 Å². The number of nitrogens with one attached hydrogen (secondary N) is 1. The minimum absolute atomic E-state index is 0.0356. The Morgan fingerprint density at radius 1 is 1.71 bits per heavy atom. The Morgan fingerprint density at radius 3 is 3.06 bits per heavy atom. The highest BCUT2D eigenvalue weighted by Crippen LogP contribution is 2.13. The van der Waals surface area contributed by atoms with Gasteiger partial charge < -0.3 is 14.4 Å². The van der Waals surface area contributed by atoms with Crippen LogP contribution < -0.4 is 5.32 Å². The fraction of sp³-hybridized carbons (Fsp3) is 0.455. The van der Waals surface area contributed by atoms with Crippen LogP contribution in [0.5, 0.6) is 0 Å². The fourth-order valence-corrected chi connectivity index (χ4v) is 1.90. The van der Waals surface area contributed by atoms with Crippen molar-refractivity contribution >= 4 is 11.9 Å². The van der Waals surface area contributed by atoms with Crippen molar-refractivity contribution in [3.63, 3.8) is 0 Å². The van der Waals surface area contributed by atoms with Crippen LogP contribution in [0.1, 0.15) is 22.5 Å². The lowest BCUT2D eigenvalue weighted by Gasteiger charge is -2.11. The highest BCUT2D eigenvalue weighted by Gasteiger charge is 2.28. The van der Waals surface area contributed by atoms with Gasteiger partial charge in [-0.05, 0) is 12.5 Å². The van der Waals surface area contributed by atoms with Crippen molar-refractivity contribution < 1.29 is 19.1 Å². The van der Waals surface area contributed by atoms with Gasteiger partial charge in [-0.3, -0.25) is 10.1 Å². The van der Waals surface area contributed by atoms with Crippen LogP contribution in [0.2, 0.25) is 0 Å². The Kier molecular flexibility index (Phi) is 3.14. The second-order valence-electron chi connectivity index (χ2n) is 4.04. The summed E-state index contributed by atoms with van der Waals surface area (Å²) in [4.78, 5) is 24.1. The van der Waals surface area contributed by atoms with Crippen molar-refractivity contribution in [2.45, 2.75) is 19.0 Å². The third kappa shape index (κ3) is 2.31. The van der Waals surface area contributed by atoms with Crippen LogP contribution in [-0.4, -0.2) is 41.5 Å². The molecule has 2 rings (SSSR count). The molecule has 1 fully saturated rings. The van der Waals surface area contributed by atoms with Gasteiger partial charge in [0.1, 0.15) is 11.3 Å². The van der Waals surface area contributed by atoms with Gasteiger partial charge >= 0.3 is 5.97 Å². The normalized spacial score (nSPS) is 19.9. The lowest BCUT2D eigenvalue weighted by molar-refractivity contribution is -0.128. The second-order valence-corrected chi connectivity index (χ2v) is 4.04. The summed E-state index contributed by atoms with van der Waals surface area (Å²) in [5.41, 5.74) is 0.135. The Labute approximate surface area is 98.2 Å². The minimum atomic E-state index is -1.02. The molecule has 1 amide bonds. The third-order valence-corrected chi connectivity index (χ3v) is 2.91. The van der Waals surface area contributed by atoms with Crippen LogP contribution >= 0.6 is 0 Å². The molecule has 6 heteroatoms. The lowest BCUT2D eigenvalue weighted by atomic mass is 10.2. The van der Waals surface area contributed by atoms with Gasteiger partial charge in [-0.25, -0.2) is 4.79 Å². The Hall–Kier alpha value is -1.82. The van der Waals surface area contributed by atoms with E-state index in [-0.39, 0.29) is 24.1 Å². The maximum absolute atomic E-state index is 11.6. The molecule has 2 N–H and O–H groups in total. The number of furan rings is 1. The number of hydrogen-bond donors (Lipinski definition) is 2. The first-order valence-electron chi connectivity index (χ1n) is 5.37. The summed E-state index contributed by atoms with van der Waals surface area (Å²) < 4.78 is 5.08. The Balaban J connectivity index is 1.96. The number of carboxylic acids is 1. The standard InChI is InChI=1S/C11H14N2O4/c1-13-4-2-8(10(13)14)12-6-9-7(11(15)16)3-5-17-9/h3,5,8,12H,2,4,6H2,1H3,(H,15,16). The van der Waals surface area contributed by atoms with Gasteiger partial charge in [0.05, 0.1) is 18.8 Å². The number of likely N-dealkylation sites (N-methyl/N-ethyl adjacent to an activating group) is 1. The molecular weight excluding hydrogens is 224 g/mol. The molecule has 1 aromatic heterocycles. The molecule has 92 valence electrons. The summed E-state index contributed by atoms with van der Waals surface area (Å²) in [5, 5.41) is 11.9. The molecule has 1 unspecified atom stereocenters. The number of amides is 1. The van der Waals surface area contributed by atoms with E-state index in [0.29, 0.717) is 5.76 Å². The van der Waals surface area contributed by atoms with Gasteiger partial charge in [-0.15, -0.1) is 0 Å².